The van der Waals surface area contributed by atoms with Crippen molar-refractivity contribution in [2.75, 3.05) is 15.5 Å². The normalized spacial score (nSPS) is 18.1. The van der Waals surface area contributed by atoms with E-state index in [1.807, 2.05) is 61.2 Å². The summed E-state index contributed by atoms with van der Waals surface area (Å²) in [5.41, 5.74) is 1.88. The molecule has 0 aliphatic carbocycles. The van der Waals surface area contributed by atoms with Gasteiger partial charge in [-0.15, -0.1) is 0 Å². The van der Waals surface area contributed by atoms with Crippen molar-refractivity contribution in [3.8, 4) is 0 Å². The number of aliphatic carboxylic acids is 1. The van der Waals surface area contributed by atoms with Gasteiger partial charge in [0.05, 0.1) is 0 Å². The van der Waals surface area contributed by atoms with Crippen molar-refractivity contribution in [3.05, 3.63) is 86.3 Å². The lowest BCUT2D eigenvalue weighted by atomic mass is 10.0. The number of carbonyl (C=O) groups is 1. The number of aryl methyl sites for hydroxylation is 1. The topological polar surface area (TPSA) is 112 Å². The molecule has 1 saturated heterocycles. The summed E-state index contributed by atoms with van der Waals surface area (Å²) in [6.07, 6.45) is 2.84. The van der Waals surface area contributed by atoms with Crippen LogP contribution < -0.4 is 26.4 Å². The van der Waals surface area contributed by atoms with E-state index in [1.54, 1.807) is 0 Å². The zero-order valence-electron chi connectivity index (χ0n) is 21.8. The van der Waals surface area contributed by atoms with Crippen molar-refractivity contribution in [2.24, 2.45) is 0 Å². The van der Waals surface area contributed by atoms with Crippen LogP contribution in [0.2, 0.25) is 0 Å². The summed E-state index contributed by atoms with van der Waals surface area (Å²) in [6.45, 7) is 6.11. The Bertz CT molecular complexity index is 1550. The van der Waals surface area contributed by atoms with Crippen LogP contribution in [0, 0.1) is 0 Å². The van der Waals surface area contributed by atoms with E-state index in [0.717, 1.165) is 52.8 Å². The SMILES string of the molecule is CCc1cc2ccccc2c(Nc2ccc(CC(Nc3c(N4C(C)CC[C@@H]4C)c(=O)c3=O)C(=O)O)cc2)n1. The lowest BCUT2D eigenvalue weighted by Gasteiger charge is -2.32. The maximum Gasteiger partial charge on any atom is 0.326 e. The van der Waals surface area contributed by atoms with Crippen molar-refractivity contribution >= 4 is 39.6 Å². The van der Waals surface area contributed by atoms with E-state index in [2.05, 4.69) is 29.7 Å². The van der Waals surface area contributed by atoms with E-state index >= 15 is 0 Å². The van der Waals surface area contributed by atoms with Gasteiger partial charge in [-0.25, -0.2) is 9.78 Å². The Hall–Kier alpha value is -4.20. The summed E-state index contributed by atoms with van der Waals surface area (Å²) in [7, 11) is 0. The lowest BCUT2D eigenvalue weighted by Crippen LogP contribution is -2.48. The molecule has 0 spiro atoms. The molecule has 196 valence electrons. The highest BCUT2D eigenvalue weighted by Gasteiger charge is 2.36. The number of aromatic nitrogens is 1. The van der Waals surface area contributed by atoms with E-state index in [9.17, 15) is 19.5 Å². The third-order valence-corrected chi connectivity index (χ3v) is 7.52. The minimum absolute atomic E-state index is 0.120. The second-order valence-electron chi connectivity index (χ2n) is 10.2. The fourth-order valence-corrected chi connectivity index (χ4v) is 5.40. The fraction of sp³-hybridized carbons (Fsp3) is 0.333. The number of anilines is 4. The van der Waals surface area contributed by atoms with Gasteiger partial charge >= 0.3 is 5.97 Å². The molecular formula is C30H32N4O4. The van der Waals surface area contributed by atoms with E-state index in [0.29, 0.717) is 5.69 Å². The molecule has 3 atom stereocenters. The predicted molar refractivity (Wildman–Crippen MR) is 152 cm³/mol. The van der Waals surface area contributed by atoms with Gasteiger partial charge in [-0.2, -0.15) is 0 Å². The van der Waals surface area contributed by atoms with Gasteiger partial charge in [-0.05, 0) is 62.3 Å². The number of nitrogens with one attached hydrogen (secondary N) is 2. The Morgan fingerprint density at radius 2 is 1.74 bits per heavy atom. The first-order valence-corrected chi connectivity index (χ1v) is 13.1. The average Bonchev–Trinajstić information content (AvgIpc) is 3.25. The van der Waals surface area contributed by atoms with Crippen LogP contribution in [0.4, 0.5) is 22.9 Å². The minimum Gasteiger partial charge on any atom is -0.480 e. The average molecular weight is 513 g/mol. The quantitative estimate of drug-likeness (QED) is 0.279. The molecule has 5 rings (SSSR count). The first-order chi connectivity index (χ1) is 18.3. The minimum atomic E-state index is -1.08. The first kappa shape index (κ1) is 25.4. The van der Waals surface area contributed by atoms with E-state index in [4.69, 9.17) is 4.98 Å². The highest BCUT2D eigenvalue weighted by Crippen LogP contribution is 2.33. The van der Waals surface area contributed by atoms with Crippen LogP contribution in [0.25, 0.3) is 10.8 Å². The second-order valence-corrected chi connectivity index (χ2v) is 10.2. The molecule has 0 radical (unpaired) electrons. The second kappa shape index (κ2) is 10.3. The summed E-state index contributed by atoms with van der Waals surface area (Å²) >= 11 is 0. The van der Waals surface area contributed by atoms with E-state index < -0.39 is 22.9 Å². The molecule has 8 nitrogen and oxygen atoms in total. The molecule has 1 aromatic heterocycles. The van der Waals surface area contributed by atoms with Gasteiger partial charge in [0.15, 0.2) is 0 Å². The molecule has 2 heterocycles. The van der Waals surface area contributed by atoms with Gasteiger partial charge in [0.1, 0.15) is 23.2 Å². The number of fused-ring (bicyclic) bond motifs is 1. The van der Waals surface area contributed by atoms with Gasteiger partial charge in [-0.1, -0.05) is 43.3 Å². The molecule has 2 unspecified atom stereocenters. The Morgan fingerprint density at radius 3 is 2.39 bits per heavy atom. The molecule has 3 aromatic carbocycles. The number of carboxylic acids is 1. The highest BCUT2D eigenvalue weighted by molar-refractivity contribution is 5.93. The molecule has 0 saturated carbocycles. The molecule has 3 N–H and O–H groups in total. The fourth-order valence-electron chi connectivity index (χ4n) is 5.40. The Morgan fingerprint density at radius 1 is 1.05 bits per heavy atom. The van der Waals surface area contributed by atoms with Gasteiger partial charge in [-0.3, -0.25) is 9.59 Å². The summed E-state index contributed by atoms with van der Waals surface area (Å²) < 4.78 is 0. The number of benzene rings is 2. The predicted octanol–water partition coefficient (Wildman–Crippen LogP) is 4.62. The number of carboxylic acid groups (broad SMARTS) is 1. The van der Waals surface area contributed by atoms with Crippen LogP contribution in [0.1, 0.15) is 44.9 Å². The summed E-state index contributed by atoms with van der Waals surface area (Å²) in [5, 5.41) is 18.3. The van der Waals surface area contributed by atoms with Crippen molar-refractivity contribution in [1.82, 2.24) is 4.98 Å². The van der Waals surface area contributed by atoms with Gasteiger partial charge in [0.25, 0.3) is 10.9 Å². The third kappa shape index (κ3) is 4.74. The van der Waals surface area contributed by atoms with Crippen LogP contribution >= 0.6 is 0 Å². The van der Waals surface area contributed by atoms with E-state index in [1.165, 1.54) is 0 Å². The summed E-state index contributed by atoms with van der Waals surface area (Å²) in [4.78, 5) is 43.6. The van der Waals surface area contributed by atoms with Crippen LogP contribution in [0.5, 0.6) is 0 Å². The first-order valence-electron chi connectivity index (χ1n) is 13.1. The standard InChI is InChI=1S/C30H32N4O4/c1-4-21-16-20-7-5-6-8-23(20)29(31-21)32-22-13-11-19(12-14-22)15-24(30(37)38)33-25-26(28(36)27(25)35)34-17(2)9-10-18(34)3/h5-8,11-14,16-18,24,33H,4,9-10,15H2,1-3H3,(H,31,32)(H,37,38)/t17-,18?,24?/m0/s1. The third-order valence-electron chi connectivity index (χ3n) is 7.52. The summed E-state index contributed by atoms with van der Waals surface area (Å²) in [6, 6.07) is 16.9. The van der Waals surface area contributed by atoms with Crippen LogP contribution in [-0.4, -0.2) is 34.2 Å². The molecule has 0 amide bonds. The largest absolute Gasteiger partial charge is 0.480 e. The smallest absolute Gasteiger partial charge is 0.326 e. The number of pyridine rings is 1. The van der Waals surface area contributed by atoms with Crippen molar-refractivity contribution < 1.29 is 9.90 Å². The summed E-state index contributed by atoms with van der Waals surface area (Å²) in [5.74, 6) is -0.309. The highest BCUT2D eigenvalue weighted by atomic mass is 16.4. The maximum absolute atomic E-state index is 12.4. The zero-order chi connectivity index (χ0) is 27.0. The van der Waals surface area contributed by atoms with Crippen LogP contribution in [-0.2, 0) is 17.6 Å². The number of nitrogens with zero attached hydrogens (tertiary/aromatic N) is 2. The Balaban J connectivity index is 1.33. The zero-order valence-corrected chi connectivity index (χ0v) is 21.8. The Kier molecular flexibility index (Phi) is 6.89. The van der Waals surface area contributed by atoms with E-state index in [-0.39, 0.29) is 24.2 Å². The molecule has 0 bridgehead atoms. The van der Waals surface area contributed by atoms with Crippen molar-refractivity contribution in [2.45, 2.75) is 64.6 Å². The number of hydrogen-bond acceptors (Lipinski definition) is 7. The molecule has 1 aliphatic heterocycles. The monoisotopic (exact) mass is 512 g/mol. The molecule has 4 aromatic rings. The van der Waals surface area contributed by atoms with Gasteiger partial charge in [0.2, 0.25) is 0 Å². The Labute approximate surface area is 221 Å². The number of rotatable bonds is 9. The molecule has 38 heavy (non-hydrogen) atoms. The van der Waals surface area contributed by atoms with Crippen LogP contribution in [0.3, 0.4) is 0 Å². The maximum atomic E-state index is 12.4. The molecule has 8 heteroatoms. The van der Waals surface area contributed by atoms with Gasteiger partial charge in [0, 0.05) is 35.3 Å². The van der Waals surface area contributed by atoms with Gasteiger partial charge < -0.3 is 20.6 Å². The molecule has 1 aliphatic rings. The lowest BCUT2D eigenvalue weighted by molar-refractivity contribution is -0.137. The molecule has 1 fully saturated rings. The number of hydrogen-bond donors (Lipinski definition) is 3. The van der Waals surface area contributed by atoms with Crippen molar-refractivity contribution in [1.29, 1.82) is 0 Å². The van der Waals surface area contributed by atoms with Crippen molar-refractivity contribution in [3.63, 3.8) is 0 Å². The molecular weight excluding hydrogens is 480 g/mol. The van der Waals surface area contributed by atoms with Crippen LogP contribution in [0.15, 0.2) is 64.2 Å².